The van der Waals surface area contributed by atoms with E-state index >= 15 is 0 Å². The summed E-state index contributed by atoms with van der Waals surface area (Å²) in [6.07, 6.45) is 4.19. The van der Waals surface area contributed by atoms with E-state index in [-0.39, 0.29) is 5.91 Å². The SMILES string of the molecule is CCCN(CCC)C(=O)c1cccc(-n2nc(-c3nnc(C)o3)cc2C2CC2)c1. The normalized spacial score (nSPS) is 13.6. The Morgan fingerprint density at radius 2 is 1.93 bits per heavy atom. The van der Waals surface area contributed by atoms with Gasteiger partial charge in [-0.2, -0.15) is 5.10 Å². The van der Waals surface area contributed by atoms with Crippen LogP contribution in [0, 0.1) is 6.92 Å². The van der Waals surface area contributed by atoms with Gasteiger partial charge in [-0.05, 0) is 49.9 Å². The highest BCUT2D eigenvalue weighted by Gasteiger charge is 2.30. The molecule has 1 amide bonds. The number of aromatic nitrogens is 4. The van der Waals surface area contributed by atoms with Gasteiger partial charge >= 0.3 is 0 Å². The van der Waals surface area contributed by atoms with Crippen LogP contribution in [-0.2, 0) is 0 Å². The summed E-state index contributed by atoms with van der Waals surface area (Å²) in [5.41, 5.74) is 3.37. The lowest BCUT2D eigenvalue weighted by Gasteiger charge is -2.21. The monoisotopic (exact) mass is 393 g/mol. The molecule has 0 saturated heterocycles. The molecule has 7 nitrogen and oxygen atoms in total. The van der Waals surface area contributed by atoms with Crippen LogP contribution in [0.5, 0.6) is 0 Å². The molecule has 0 bridgehead atoms. The second kappa shape index (κ2) is 8.19. The van der Waals surface area contributed by atoms with Crippen molar-refractivity contribution in [3.63, 3.8) is 0 Å². The van der Waals surface area contributed by atoms with E-state index < -0.39 is 0 Å². The Morgan fingerprint density at radius 1 is 1.17 bits per heavy atom. The molecule has 0 N–H and O–H groups in total. The summed E-state index contributed by atoms with van der Waals surface area (Å²) in [4.78, 5) is 15.0. The number of aryl methyl sites for hydroxylation is 1. The maximum absolute atomic E-state index is 13.0. The lowest BCUT2D eigenvalue weighted by molar-refractivity contribution is 0.0755. The summed E-state index contributed by atoms with van der Waals surface area (Å²) in [6, 6.07) is 9.75. The molecule has 0 atom stereocenters. The molecule has 1 aliphatic rings. The van der Waals surface area contributed by atoms with Gasteiger partial charge in [-0.3, -0.25) is 4.79 Å². The van der Waals surface area contributed by atoms with Crippen molar-refractivity contribution in [1.29, 1.82) is 0 Å². The van der Waals surface area contributed by atoms with Crippen LogP contribution in [0.1, 0.15) is 67.4 Å². The molecule has 3 aromatic rings. The van der Waals surface area contributed by atoms with Crippen molar-refractivity contribution < 1.29 is 9.21 Å². The van der Waals surface area contributed by atoms with Gasteiger partial charge in [-0.25, -0.2) is 4.68 Å². The number of rotatable bonds is 8. The van der Waals surface area contributed by atoms with Crippen molar-refractivity contribution in [1.82, 2.24) is 24.9 Å². The topological polar surface area (TPSA) is 77.1 Å². The first kappa shape index (κ1) is 19.4. The second-order valence-electron chi connectivity index (χ2n) is 7.61. The van der Waals surface area contributed by atoms with E-state index in [2.05, 4.69) is 24.0 Å². The highest BCUT2D eigenvalue weighted by Crippen LogP contribution is 2.42. The Kier molecular flexibility index (Phi) is 5.47. The fraction of sp³-hybridized carbons (Fsp3) is 0.455. The van der Waals surface area contributed by atoms with Crippen LogP contribution in [0.15, 0.2) is 34.7 Å². The number of amides is 1. The maximum Gasteiger partial charge on any atom is 0.268 e. The van der Waals surface area contributed by atoms with Crippen LogP contribution in [0.4, 0.5) is 0 Å². The quantitative estimate of drug-likeness (QED) is 0.568. The Labute approximate surface area is 170 Å². The van der Waals surface area contributed by atoms with Gasteiger partial charge in [-0.1, -0.05) is 19.9 Å². The average molecular weight is 393 g/mol. The van der Waals surface area contributed by atoms with Crippen LogP contribution < -0.4 is 0 Å². The van der Waals surface area contributed by atoms with Gasteiger partial charge in [0.15, 0.2) is 0 Å². The number of hydrogen-bond acceptors (Lipinski definition) is 5. The summed E-state index contributed by atoms with van der Waals surface area (Å²) in [7, 11) is 0. The van der Waals surface area contributed by atoms with Crippen LogP contribution >= 0.6 is 0 Å². The molecule has 0 spiro atoms. The highest BCUT2D eigenvalue weighted by atomic mass is 16.4. The molecule has 4 rings (SSSR count). The Balaban J connectivity index is 1.69. The molecule has 29 heavy (non-hydrogen) atoms. The van der Waals surface area contributed by atoms with Gasteiger partial charge < -0.3 is 9.32 Å². The molecule has 1 aromatic carbocycles. The zero-order valence-electron chi connectivity index (χ0n) is 17.3. The van der Waals surface area contributed by atoms with E-state index in [1.807, 2.05) is 39.9 Å². The Bertz CT molecular complexity index is 996. The zero-order valence-corrected chi connectivity index (χ0v) is 17.3. The van der Waals surface area contributed by atoms with Crippen molar-refractivity contribution in [3.8, 4) is 17.3 Å². The van der Waals surface area contributed by atoms with Gasteiger partial charge in [0.05, 0.1) is 5.69 Å². The van der Waals surface area contributed by atoms with Gasteiger partial charge in [0.25, 0.3) is 11.8 Å². The predicted molar refractivity (Wildman–Crippen MR) is 110 cm³/mol. The second-order valence-corrected chi connectivity index (χ2v) is 7.61. The van der Waals surface area contributed by atoms with Gasteiger partial charge in [0.1, 0.15) is 5.69 Å². The predicted octanol–water partition coefficient (Wildman–Crippen LogP) is 4.37. The van der Waals surface area contributed by atoms with Crippen molar-refractivity contribution in [2.45, 2.75) is 52.4 Å². The van der Waals surface area contributed by atoms with Gasteiger partial charge in [0, 0.05) is 37.2 Å². The standard InChI is InChI=1S/C22H27N5O2/c1-4-11-26(12-5-2)22(28)17-7-6-8-18(13-17)27-20(16-9-10-16)14-19(25-27)21-24-23-15(3)29-21/h6-8,13-14,16H,4-5,9-12H2,1-3H3. The number of carbonyl (C=O) groups is 1. The lowest BCUT2D eigenvalue weighted by atomic mass is 10.1. The van der Waals surface area contributed by atoms with Crippen LogP contribution in [0.2, 0.25) is 0 Å². The number of hydrogen-bond donors (Lipinski definition) is 0. The molecule has 2 heterocycles. The van der Waals surface area contributed by atoms with E-state index in [1.54, 1.807) is 6.92 Å². The van der Waals surface area contributed by atoms with Crippen molar-refractivity contribution in [2.75, 3.05) is 13.1 Å². The number of carbonyl (C=O) groups excluding carboxylic acids is 1. The number of benzene rings is 1. The van der Waals surface area contributed by atoms with Gasteiger partial charge in [0.2, 0.25) is 5.89 Å². The highest BCUT2D eigenvalue weighted by molar-refractivity contribution is 5.94. The minimum Gasteiger partial charge on any atom is -0.420 e. The average Bonchev–Trinajstić information content (AvgIpc) is 3.33. The summed E-state index contributed by atoms with van der Waals surface area (Å²) in [5, 5.41) is 12.7. The molecule has 152 valence electrons. The molecule has 7 heteroatoms. The first-order valence-electron chi connectivity index (χ1n) is 10.4. The Hall–Kier alpha value is -2.96. The van der Waals surface area contributed by atoms with Crippen molar-refractivity contribution in [2.24, 2.45) is 0 Å². The first-order valence-corrected chi connectivity index (χ1v) is 10.4. The van der Waals surface area contributed by atoms with E-state index in [0.717, 1.165) is 50.2 Å². The minimum absolute atomic E-state index is 0.0726. The zero-order chi connectivity index (χ0) is 20.4. The fourth-order valence-electron chi connectivity index (χ4n) is 3.58. The summed E-state index contributed by atoms with van der Waals surface area (Å²) in [5.74, 6) is 1.49. The van der Waals surface area contributed by atoms with E-state index in [9.17, 15) is 4.79 Å². The molecular formula is C22H27N5O2. The lowest BCUT2D eigenvalue weighted by Crippen LogP contribution is -2.32. The summed E-state index contributed by atoms with van der Waals surface area (Å²) >= 11 is 0. The number of nitrogens with zero attached hydrogens (tertiary/aromatic N) is 5. The van der Waals surface area contributed by atoms with E-state index in [0.29, 0.717) is 29.0 Å². The first-order chi connectivity index (χ1) is 14.1. The largest absolute Gasteiger partial charge is 0.420 e. The third-order valence-electron chi connectivity index (χ3n) is 5.09. The molecular weight excluding hydrogens is 366 g/mol. The van der Waals surface area contributed by atoms with Crippen molar-refractivity contribution in [3.05, 3.63) is 47.5 Å². The summed E-state index contributed by atoms with van der Waals surface area (Å²) in [6.45, 7) is 7.50. The Morgan fingerprint density at radius 3 is 2.55 bits per heavy atom. The smallest absolute Gasteiger partial charge is 0.268 e. The minimum atomic E-state index is 0.0726. The molecule has 1 aliphatic carbocycles. The third kappa shape index (κ3) is 4.09. The maximum atomic E-state index is 13.0. The fourth-order valence-corrected chi connectivity index (χ4v) is 3.58. The van der Waals surface area contributed by atoms with Crippen LogP contribution in [-0.4, -0.2) is 43.9 Å². The molecule has 2 aromatic heterocycles. The summed E-state index contributed by atoms with van der Waals surface area (Å²) < 4.78 is 7.49. The molecule has 0 radical (unpaired) electrons. The van der Waals surface area contributed by atoms with Gasteiger partial charge in [-0.15, -0.1) is 10.2 Å². The molecule has 1 saturated carbocycles. The van der Waals surface area contributed by atoms with Crippen molar-refractivity contribution >= 4 is 5.91 Å². The van der Waals surface area contributed by atoms with Crippen LogP contribution in [0.3, 0.4) is 0 Å². The molecule has 1 fully saturated rings. The van der Waals surface area contributed by atoms with Crippen LogP contribution in [0.25, 0.3) is 17.3 Å². The van der Waals surface area contributed by atoms with E-state index in [1.165, 1.54) is 0 Å². The van der Waals surface area contributed by atoms with E-state index in [4.69, 9.17) is 9.52 Å². The third-order valence-corrected chi connectivity index (χ3v) is 5.09. The molecule has 0 unspecified atom stereocenters. The molecule has 0 aliphatic heterocycles.